The van der Waals surface area contributed by atoms with Gasteiger partial charge in [0.1, 0.15) is 5.57 Å². The lowest BCUT2D eigenvalue weighted by Crippen LogP contribution is -2.23. The number of Topliss-reactive ketones (excluding diaryl/α,β-unsaturated/α-hetero) is 2. The molecule has 0 aliphatic heterocycles. The average Bonchev–Trinajstić information content (AvgIpc) is 3.31. The van der Waals surface area contributed by atoms with Gasteiger partial charge in [0, 0.05) is 17.2 Å². The monoisotopic (exact) mass is 404 g/mol. The molecule has 0 aromatic heterocycles. The molecule has 148 valence electrons. The summed E-state index contributed by atoms with van der Waals surface area (Å²) in [6.07, 6.45) is -2.26. The summed E-state index contributed by atoms with van der Waals surface area (Å²) < 4.78 is 68.5. The van der Waals surface area contributed by atoms with Crippen LogP contribution in [0.3, 0.4) is 0 Å². The molecule has 0 N–H and O–H groups in total. The molecule has 1 aliphatic carbocycles. The van der Waals surface area contributed by atoms with Gasteiger partial charge in [-0.1, -0.05) is 6.92 Å². The van der Waals surface area contributed by atoms with E-state index >= 15 is 0 Å². The molecule has 0 radical (unpaired) electrons. The SMILES string of the molecule is CCO/C=C(\C(=O)c1ccc(S(C)(=O)=O)cc1C(F)(F)F)C(=O)C1(C)CC1. The number of hydrogen-bond donors (Lipinski definition) is 0. The molecule has 0 amide bonds. The van der Waals surface area contributed by atoms with Gasteiger partial charge in [-0.2, -0.15) is 13.2 Å². The number of benzene rings is 1. The number of hydrogen-bond acceptors (Lipinski definition) is 5. The zero-order chi connectivity index (χ0) is 20.6. The van der Waals surface area contributed by atoms with Crippen molar-refractivity contribution in [2.24, 2.45) is 5.41 Å². The highest BCUT2D eigenvalue weighted by Crippen LogP contribution is 2.48. The minimum Gasteiger partial charge on any atom is -0.501 e. The molecular weight excluding hydrogens is 385 g/mol. The molecule has 27 heavy (non-hydrogen) atoms. The number of carbonyl (C=O) groups is 2. The molecule has 1 aromatic carbocycles. The minimum atomic E-state index is -4.98. The topological polar surface area (TPSA) is 77.5 Å². The summed E-state index contributed by atoms with van der Waals surface area (Å²) in [5, 5.41) is 0. The Morgan fingerprint density at radius 3 is 2.30 bits per heavy atom. The number of sulfone groups is 1. The van der Waals surface area contributed by atoms with Crippen LogP contribution in [0.25, 0.3) is 0 Å². The van der Waals surface area contributed by atoms with E-state index in [1.165, 1.54) is 0 Å². The summed E-state index contributed by atoms with van der Waals surface area (Å²) >= 11 is 0. The van der Waals surface area contributed by atoms with Crippen molar-refractivity contribution in [3.63, 3.8) is 0 Å². The van der Waals surface area contributed by atoms with Crippen LogP contribution >= 0.6 is 0 Å². The molecule has 5 nitrogen and oxygen atoms in total. The van der Waals surface area contributed by atoms with Gasteiger partial charge in [0.2, 0.25) is 0 Å². The maximum atomic E-state index is 13.5. The Morgan fingerprint density at radius 1 is 1.26 bits per heavy atom. The van der Waals surface area contributed by atoms with Crippen LogP contribution in [-0.2, 0) is 25.5 Å². The Balaban J connectivity index is 2.60. The summed E-state index contributed by atoms with van der Waals surface area (Å²) in [7, 11) is -3.91. The van der Waals surface area contributed by atoms with Gasteiger partial charge in [0.25, 0.3) is 0 Å². The van der Waals surface area contributed by atoms with E-state index < -0.39 is 54.6 Å². The van der Waals surface area contributed by atoms with Crippen molar-refractivity contribution in [3.05, 3.63) is 41.2 Å². The molecule has 0 bridgehead atoms. The molecule has 1 fully saturated rings. The zero-order valence-electron chi connectivity index (χ0n) is 15.0. The molecule has 1 aromatic rings. The summed E-state index contributed by atoms with van der Waals surface area (Å²) in [5.74, 6) is -1.73. The Kier molecular flexibility index (Phi) is 5.56. The van der Waals surface area contributed by atoms with E-state index in [0.29, 0.717) is 18.9 Å². The maximum Gasteiger partial charge on any atom is 0.417 e. The van der Waals surface area contributed by atoms with Crippen molar-refractivity contribution >= 4 is 21.4 Å². The zero-order valence-corrected chi connectivity index (χ0v) is 15.8. The number of ketones is 2. The maximum absolute atomic E-state index is 13.5. The summed E-state index contributed by atoms with van der Waals surface area (Å²) in [5.41, 5.74) is -3.47. The van der Waals surface area contributed by atoms with E-state index in [1.54, 1.807) is 13.8 Å². The van der Waals surface area contributed by atoms with Crippen LogP contribution in [0.5, 0.6) is 0 Å². The van der Waals surface area contributed by atoms with Crippen LogP contribution in [0, 0.1) is 5.41 Å². The van der Waals surface area contributed by atoms with Crippen LogP contribution in [-0.4, -0.2) is 32.8 Å². The smallest absolute Gasteiger partial charge is 0.417 e. The van der Waals surface area contributed by atoms with Gasteiger partial charge in [-0.15, -0.1) is 0 Å². The molecule has 2 rings (SSSR count). The second-order valence-electron chi connectivity index (χ2n) is 6.68. The third-order valence-electron chi connectivity index (χ3n) is 4.37. The Hall–Kier alpha value is -2.16. The van der Waals surface area contributed by atoms with Crippen molar-refractivity contribution in [3.8, 4) is 0 Å². The minimum absolute atomic E-state index is 0.125. The fraction of sp³-hybridized carbons (Fsp3) is 0.444. The third-order valence-corrected chi connectivity index (χ3v) is 5.48. The fourth-order valence-corrected chi connectivity index (χ4v) is 3.10. The number of ether oxygens (including phenoxy) is 1. The first-order chi connectivity index (χ1) is 12.3. The molecule has 0 spiro atoms. The summed E-state index contributed by atoms with van der Waals surface area (Å²) in [4.78, 5) is 24.8. The molecule has 1 saturated carbocycles. The highest BCUT2D eigenvalue weighted by molar-refractivity contribution is 7.90. The first-order valence-corrected chi connectivity index (χ1v) is 10.0. The Labute approximate surface area is 155 Å². The van der Waals surface area contributed by atoms with Crippen molar-refractivity contribution in [2.75, 3.05) is 12.9 Å². The van der Waals surface area contributed by atoms with Gasteiger partial charge in [-0.25, -0.2) is 8.42 Å². The standard InChI is InChI=1S/C18H19F3O5S/c1-4-26-10-13(16(23)17(2)7-8-17)15(22)12-6-5-11(27(3,24)25)9-14(12)18(19,20)21/h5-6,9-10H,4,7-8H2,1-3H3/b13-10+. The quantitative estimate of drug-likeness (QED) is 0.228. The highest BCUT2D eigenvalue weighted by atomic mass is 32.2. The van der Waals surface area contributed by atoms with Crippen LogP contribution in [0.4, 0.5) is 13.2 Å². The van der Waals surface area contributed by atoms with Crippen LogP contribution in [0.2, 0.25) is 0 Å². The van der Waals surface area contributed by atoms with E-state index in [2.05, 4.69) is 0 Å². The van der Waals surface area contributed by atoms with Gasteiger partial charge >= 0.3 is 6.18 Å². The van der Waals surface area contributed by atoms with Gasteiger partial charge in [0.05, 0.1) is 23.3 Å². The second kappa shape index (κ2) is 7.10. The van der Waals surface area contributed by atoms with Gasteiger partial charge in [-0.3, -0.25) is 9.59 Å². The van der Waals surface area contributed by atoms with Gasteiger partial charge in [-0.05, 0) is 38.0 Å². The number of allylic oxidation sites excluding steroid dienone is 1. The van der Waals surface area contributed by atoms with E-state index in [0.717, 1.165) is 24.7 Å². The summed E-state index contributed by atoms with van der Waals surface area (Å²) in [6.45, 7) is 3.35. The Morgan fingerprint density at radius 2 is 1.85 bits per heavy atom. The molecule has 0 unspecified atom stereocenters. The van der Waals surface area contributed by atoms with Crippen LogP contribution in [0.15, 0.2) is 34.9 Å². The first-order valence-electron chi connectivity index (χ1n) is 8.14. The highest BCUT2D eigenvalue weighted by Gasteiger charge is 2.48. The lowest BCUT2D eigenvalue weighted by atomic mass is 9.90. The number of carbonyl (C=O) groups excluding carboxylic acids is 2. The van der Waals surface area contributed by atoms with Crippen LogP contribution in [0.1, 0.15) is 42.6 Å². The number of rotatable bonds is 7. The number of alkyl halides is 3. The molecule has 1 aliphatic rings. The molecule has 0 heterocycles. The van der Waals surface area contributed by atoms with Gasteiger partial charge < -0.3 is 4.74 Å². The van der Waals surface area contributed by atoms with Crippen molar-refractivity contribution in [1.29, 1.82) is 0 Å². The van der Waals surface area contributed by atoms with Gasteiger partial charge in [0.15, 0.2) is 21.4 Å². The van der Waals surface area contributed by atoms with Crippen molar-refractivity contribution in [2.45, 2.75) is 37.8 Å². The second-order valence-corrected chi connectivity index (χ2v) is 8.70. The van der Waals surface area contributed by atoms with E-state index in [9.17, 15) is 31.2 Å². The lowest BCUT2D eigenvalue weighted by molar-refractivity contribution is -0.138. The van der Waals surface area contributed by atoms with Crippen molar-refractivity contribution < 1.29 is 35.9 Å². The van der Waals surface area contributed by atoms with E-state index in [1.807, 2.05) is 0 Å². The predicted octanol–water partition coefficient (Wildman–Crippen LogP) is 3.58. The van der Waals surface area contributed by atoms with E-state index in [4.69, 9.17) is 4.74 Å². The number of halogens is 3. The van der Waals surface area contributed by atoms with Crippen LogP contribution < -0.4 is 0 Å². The lowest BCUT2D eigenvalue weighted by Gasteiger charge is -2.16. The van der Waals surface area contributed by atoms with Crippen molar-refractivity contribution in [1.82, 2.24) is 0 Å². The molecule has 9 heteroatoms. The molecule has 0 atom stereocenters. The third kappa shape index (κ3) is 4.58. The summed E-state index contributed by atoms with van der Waals surface area (Å²) in [6, 6.07) is 2.10. The first kappa shape index (κ1) is 21.1. The fourth-order valence-electron chi connectivity index (χ4n) is 2.45. The Bertz CT molecular complexity index is 909. The van der Waals surface area contributed by atoms with E-state index in [-0.39, 0.29) is 6.61 Å². The molecular formula is C18H19F3O5S. The largest absolute Gasteiger partial charge is 0.501 e. The predicted molar refractivity (Wildman–Crippen MR) is 90.9 cm³/mol. The normalized spacial score (nSPS) is 16.7. The average molecular weight is 404 g/mol. The molecule has 0 saturated heterocycles.